The molecule has 2 N–H and O–H groups in total. The Balaban J connectivity index is 1.94. The molecule has 0 aliphatic heterocycles. The van der Waals surface area contributed by atoms with Crippen molar-refractivity contribution < 1.29 is 5.11 Å². The Bertz CT molecular complexity index is 566. The van der Waals surface area contributed by atoms with Crippen LogP contribution in [0.2, 0.25) is 0 Å². The number of aliphatic hydroxyl groups is 1. The van der Waals surface area contributed by atoms with Crippen LogP contribution < -0.4 is 5.32 Å². The van der Waals surface area contributed by atoms with E-state index in [1.807, 2.05) is 36.4 Å². The molecule has 2 rings (SSSR count). The van der Waals surface area contributed by atoms with Crippen LogP contribution in [-0.2, 0) is 6.42 Å². The predicted octanol–water partition coefficient (Wildman–Crippen LogP) is 4.79. The minimum atomic E-state index is -0.509. The molecule has 0 saturated heterocycles. The minimum absolute atomic E-state index is 0.492. The van der Waals surface area contributed by atoms with E-state index in [9.17, 15) is 5.11 Å². The zero-order chi connectivity index (χ0) is 15.2. The molecule has 0 amide bonds. The second-order valence-corrected chi connectivity index (χ2v) is 6.57. The van der Waals surface area contributed by atoms with E-state index in [1.165, 1.54) is 5.56 Å². The van der Waals surface area contributed by atoms with Gasteiger partial charge in [-0.3, -0.25) is 0 Å². The summed E-state index contributed by atoms with van der Waals surface area (Å²) >= 11 is 3.49. The quantitative estimate of drug-likeness (QED) is 0.786. The van der Waals surface area contributed by atoms with E-state index in [-0.39, 0.29) is 0 Å². The number of aliphatic hydroxyl groups excluding tert-OH is 1. The first-order valence-corrected chi connectivity index (χ1v) is 8.11. The van der Waals surface area contributed by atoms with Gasteiger partial charge in [-0.1, -0.05) is 50.2 Å². The molecule has 21 heavy (non-hydrogen) atoms. The molecule has 2 aromatic rings. The van der Waals surface area contributed by atoms with Crippen molar-refractivity contribution in [3.63, 3.8) is 0 Å². The van der Waals surface area contributed by atoms with Gasteiger partial charge in [0.05, 0.1) is 6.10 Å². The first-order valence-electron chi connectivity index (χ1n) is 7.31. The van der Waals surface area contributed by atoms with Crippen LogP contribution in [0.25, 0.3) is 0 Å². The largest absolute Gasteiger partial charge is 0.387 e. The van der Waals surface area contributed by atoms with Gasteiger partial charge in [0.2, 0.25) is 0 Å². The maximum absolute atomic E-state index is 10.3. The summed E-state index contributed by atoms with van der Waals surface area (Å²) in [5.74, 6) is 0.651. The maximum Gasteiger partial charge on any atom is 0.0962 e. The molecule has 0 aliphatic rings. The Hall–Kier alpha value is -1.32. The van der Waals surface area contributed by atoms with E-state index >= 15 is 0 Å². The third-order valence-corrected chi connectivity index (χ3v) is 4.06. The maximum atomic E-state index is 10.3. The van der Waals surface area contributed by atoms with Crippen LogP contribution in [0.15, 0.2) is 53.0 Å². The first-order chi connectivity index (χ1) is 10.1. The standard InChI is InChI=1S/C18H22BrNO/c1-13(2)11-14-7-9-15(10-8-14)18(21)12-20-17-6-4-3-5-16(17)19/h3-10,13,18,20-21H,11-12H2,1-2H3. The molecule has 0 aromatic heterocycles. The van der Waals surface area contributed by atoms with Crippen LogP contribution >= 0.6 is 15.9 Å². The van der Waals surface area contributed by atoms with Gasteiger partial charge in [0.25, 0.3) is 0 Å². The summed E-state index contributed by atoms with van der Waals surface area (Å²) in [4.78, 5) is 0. The van der Waals surface area contributed by atoms with Crippen LogP contribution in [0.5, 0.6) is 0 Å². The lowest BCUT2D eigenvalue weighted by atomic mass is 10.0. The van der Waals surface area contributed by atoms with Crippen LogP contribution in [0, 0.1) is 5.92 Å². The summed E-state index contributed by atoms with van der Waals surface area (Å²) in [5, 5.41) is 13.5. The zero-order valence-electron chi connectivity index (χ0n) is 12.5. The van der Waals surface area contributed by atoms with Crippen LogP contribution in [0.1, 0.15) is 31.1 Å². The fraction of sp³-hybridized carbons (Fsp3) is 0.333. The first kappa shape index (κ1) is 16.1. The molecule has 2 nitrogen and oxygen atoms in total. The number of hydrogen-bond acceptors (Lipinski definition) is 2. The minimum Gasteiger partial charge on any atom is -0.387 e. The van der Waals surface area contributed by atoms with Gasteiger partial charge >= 0.3 is 0 Å². The van der Waals surface area contributed by atoms with Gasteiger partial charge in [-0.05, 0) is 51.5 Å². The molecular weight excluding hydrogens is 326 g/mol. The van der Waals surface area contributed by atoms with Crippen LogP contribution in [0.4, 0.5) is 5.69 Å². The Kier molecular flexibility index (Phi) is 5.83. The highest BCUT2D eigenvalue weighted by Crippen LogP contribution is 2.23. The number of rotatable bonds is 6. The van der Waals surface area contributed by atoms with E-state index in [0.717, 1.165) is 22.1 Å². The van der Waals surface area contributed by atoms with E-state index in [4.69, 9.17) is 0 Å². The normalized spacial score (nSPS) is 12.4. The fourth-order valence-corrected chi connectivity index (χ4v) is 2.70. The zero-order valence-corrected chi connectivity index (χ0v) is 14.1. The highest BCUT2D eigenvalue weighted by atomic mass is 79.9. The average molecular weight is 348 g/mol. The lowest BCUT2D eigenvalue weighted by Gasteiger charge is -2.15. The van der Waals surface area contributed by atoms with Gasteiger partial charge in [-0.2, -0.15) is 0 Å². The summed E-state index contributed by atoms with van der Waals surface area (Å²) in [6.45, 7) is 4.92. The van der Waals surface area contributed by atoms with E-state index in [1.54, 1.807) is 0 Å². The molecular formula is C18H22BrNO. The SMILES string of the molecule is CC(C)Cc1ccc(C(O)CNc2ccccc2Br)cc1. The Morgan fingerprint density at radius 2 is 1.71 bits per heavy atom. The molecule has 0 heterocycles. The van der Waals surface area contributed by atoms with Crippen molar-refractivity contribution in [2.75, 3.05) is 11.9 Å². The molecule has 0 aliphatic carbocycles. The molecule has 0 spiro atoms. The summed E-state index contributed by atoms with van der Waals surface area (Å²) in [7, 11) is 0. The van der Waals surface area contributed by atoms with Crippen molar-refractivity contribution >= 4 is 21.6 Å². The Labute approximate surface area is 135 Å². The number of benzene rings is 2. The summed E-state index contributed by atoms with van der Waals surface area (Å²) < 4.78 is 1.00. The summed E-state index contributed by atoms with van der Waals surface area (Å²) in [5.41, 5.74) is 3.26. The summed E-state index contributed by atoms with van der Waals surface area (Å²) in [6.07, 6.45) is 0.566. The van der Waals surface area contributed by atoms with E-state index in [0.29, 0.717) is 12.5 Å². The fourth-order valence-electron chi connectivity index (χ4n) is 2.28. The Morgan fingerprint density at radius 3 is 2.33 bits per heavy atom. The lowest BCUT2D eigenvalue weighted by molar-refractivity contribution is 0.191. The van der Waals surface area contributed by atoms with Crippen molar-refractivity contribution in [3.05, 3.63) is 64.1 Å². The number of anilines is 1. The van der Waals surface area contributed by atoms with Crippen molar-refractivity contribution in [3.8, 4) is 0 Å². The lowest BCUT2D eigenvalue weighted by Crippen LogP contribution is -2.12. The molecule has 0 saturated carbocycles. The molecule has 0 fully saturated rings. The smallest absolute Gasteiger partial charge is 0.0962 e. The third-order valence-electron chi connectivity index (χ3n) is 3.37. The van der Waals surface area contributed by atoms with E-state index < -0.39 is 6.10 Å². The van der Waals surface area contributed by atoms with Crippen molar-refractivity contribution in [2.24, 2.45) is 5.92 Å². The molecule has 3 heteroatoms. The molecule has 2 aromatic carbocycles. The number of nitrogens with one attached hydrogen (secondary N) is 1. The van der Waals surface area contributed by atoms with Crippen molar-refractivity contribution in [1.29, 1.82) is 0 Å². The molecule has 0 bridgehead atoms. The van der Waals surface area contributed by atoms with Gasteiger partial charge < -0.3 is 10.4 Å². The molecule has 0 radical (unpaired) electrons. The van der Waals surface area contributed by atoms with E-state index in [2.05, 4.69) is 47.2 Å². The van der Waals surface area contributed by atoms with Crippen LogP contribution in [-0.4, -0.2) is 11.7 Å². The Morgan fingerprint density at radius 1 is 1.05 bits per heavy atom. The number of para-hydroxylation sites is 1. The summed E-state index contributed by atoms with van der Waals surface area (Å²) in [6, 6.07) is 16.2. The molecule has 112 valence electrons. The van der Waals surface area contributed by atoms with Gasteiger partial charge in [-0.25, -0.2) is 0 Å². The van der Waals surface area contributed by atoms with Crippen LogP contribution in [0.3, 0.4) is 0 Å². The average Bonchev–Trinajstić information content (AvgIpc) is 2.46. The second kappa shape index (κ2) is 7.62. The number of hydrogen-bond donors (Lipinski definition) is 2. The van der Waals surface area contributed by atoms with Gasteiger partial charge in [0.15, 0.2) is 0 Å². The monoisotopic (exact) mass is 347 g/mol. The topological polar surface area (TPSA) is 32.3 Å². The molecule has 1 atom stereocenters. The highest BCUT2D eigenvalue weighted by molar-refractivity contribution is 9.10. The third kappa shape index (κ3) is 4.87. The van der Waals surface area contributed by atoms with Crippen molar-refractivity contribution in [1.82, 2.24) is 0 Å². The molecule has 1 unspecified atom stereocenters. The second-order valence-electron chi connectivity index (χ2n) is 5.72. The highest BCUT2D eigenvalue weighted by Gasteiger charge is 2.08. The van der Waals surface area contributed by atoms with Gasteiger partial charge in [0.1, 0.15) is 0 Å². The number of halogens is 1. The van der Waals surface area contributed by atoms with Gasteiger partial charge in [-0.15, -0.1) is 0 Å². The predicted molar refractivity (Wildman–Crippen MR) is 92.6 cm³/mol. The van der Waals surface area contributed by atoms with Gasteiger partial charge in [0, 0.05) is 16.7 Å². The van der Waals surface area contributed by atoms with Crippen molar-refractivity contribution in [2.45, 2.75) is 26.4 Å².